The van der Waals surface area contributed by atoms with Crippen LogP contribution in [-0.4, -0.2) is 5.88 Å². The van der Waals surface area contributed by atoms with E-state index in [9.17, 15) is 5.26 Å². The fourth-order valence-corrected chi connectivity index (χ4v) is 2.36. The van der Waals surface area contributed by atoms with Crippen LogP contribution in [0.25, 0.3) is 0 Å². The summed E-state index contributed by atoms with van der Waals surface area (Å²) < 4.78 is 0. The molecule has 1 nitrogen and oxygen atoms in total. The maximum Gasteiger partial charge on any atom is 0.0689 e. The third-order valence-electron chi connectivity index (χ3n) is 3.09. The minimum atomic E-state index is -0.0224. The van der Waals surface area contributed by atoms with Gasteiger partial charge >= 0.3 is 0 Å². The van der Waals surface area contributed by atoms with Gasteiger partial charge in [-0.2, -0.15) is 5.26 Å². The van der Waals surface area contributed by atoms with E-state index < -0.39 is 0 Å². The molecule has 1 aliphatic rings. The smallest absolute Gasteiger partial charge is 0.0689 e. The van der Waals surface area contributed by atoms with Crippen LogP contribution in [-0.2, 0) is 0 Å². The van der Waals surface area contributed by atoms with Crippen LogP contribution in [0.4, 0.5) is 0 Å². The molecule has 1 aliphatic carbocycles. The highest BCUT2D eigenvalue weighted by molar-refractivity contribution is 6.17. The van der Waals surface area contributed by atoms with E-state index in [1.54, 1.807) is 0 Å². The number of hydrogen-bond acceptors (Lipinski definition) is 1. The van der Waals surface area contributed by atoms with Crippen molar-refractivity contribution in [3.63, 3.8) is 0 Å². The number of nitrogens with zero attached hydrogens (tertiary/aromatic N) is 1. The molecule has 2 heteroatoms. The summed E-state index contributed by atoms with van der Waals surface area (Å²) in [6.07, 6.45) is 9.28. The van der Waals surface area contributed by atoms with Gasteiger partial charge in [-0.3, -0.25) is 0 Å². The SMILES string of the molecule is N#CC1(CCCCl)CCCCCC1. The van der Waals surface area contributed by atoms with E-state index in [1.165, 1.54) is 25.7 Å². The van der Waals surface area contributed by atoms with Crippen LogP contribution in [0.3, 0.4) is 0 Å². The molecule has 0 amide bonds. The summed E-state index contributed by atoms with van der Waals surface area (Å²) in [5, 5.41) is 9.20. The van der Waals surface area contributed by atoms with Crippen LogP contribution in [0.1, 0.15) is 51.4 Å². The van der Waals surface area contributed by atoms with E-state index >= 15 is 0 Å². The lowest BCUT2D eigenvalue weighted by Crippen LogP contribution is -2.17. The van der Waals surface area contributed by atoms with Gasteiger partial charge in [0.25, 0.3) is 0 Å². The molecule has 0 saturated heterocycles. The van der Waals surface area contributed by atoms with Crippen molar-refractivity contribution in [1.29, 1.82) is 5.26 Å². The minimum Gasteiger partial charge on any atom is -0.198 e. The number of halogens is 1. The largest absolute Gasteiger partial charge is 0.198 e. The zero-order valence-corrected chi connectivity index (χ0v) is 8.95. The van der Waals surface area contributed by atoms with E-state index in [4.69, 9.17) is 11.6 Å². The zero-order valence-electron chi connectivity index (χ0n) is 8.19. The molecule has 0 N–H and O–H groups in total. The maximum absolute atomic E-state index is 9.20. The summed E-state index contributed by atoms with van der Waals surface area (Å²) in [6, 6.07) is 2.53. The number of rotatable bonds is 3. The fraction of sp³-hybridized carbons (Fsp3) is 0.909. The molecule has 0 atom stereocenters. The Labute approximate surface area is 86.1 Å². The van der Waals surface area contributed by atoms with Crippen LogP contribution < -0.4 is 0 Å². The van der Waals surface area contributed by atoms with Gasteiger partial charge in [-0.25, -0.2) is 0 Å². The monoisotopic (exact) mass is 199 g/mol. The number of alkyl halides is 1. The summed E-state index contributed by atoms with van der Waals surface area (Å²) >= 11 is 5.67. The summed E-state index contributed by atoms with van der Waals surface area (Å²) in [5.74, 6) is 0.698. The van der Waals surface area contributed by atoms with Gasteiger partial charge in [-0.05, 0) is 25.7 Å². The molecule has 1 rings (SSSR count). The van der Waals surface area contributed by atoms with Crippen LogP contribution in [0.5, 0.6) is 0 Å². The molecular weight excluding hydrogens is 182 g/mol. The Morgan fingerprint density at radius 1 is 1.15 bits per heavy atom. The van der Waals surface area contributed by atoms with Crippen LogP contribution in [0, 0.1) is 16.7 Å². The predicted octanol–water partition coefficient (Wildman–Crippen LogP) is 3.87. The lowest BCUT2D eigenvalue weighted by atomic mass is 9.78. The second-order valence-electron chi connectivity index (χ2n) is 4.10. The van der Waals surface area contributed by atoms with E-state index in [1.807, 2.05) is 0 Å². The highest BCUT2D eigenvalue weighted by Crippen LogP contribution is 2.38. The average molecular weight is 200 g/mol. The first-order chi connectivity index (χ1) is 6.33. The van der Waals surface area contributed by atoms with Gasteiger partial charge in [0.1, 0.15) is 0 Å². The summed E-state index contributed by atoms with van der Waals surface area (Å²) in [5.41, 5.74) is -0.0224. The van der Waals surface area contributed by atoms with Crippen LogP contribution in [0.2, 0.25) is 0 Å². The molecule has 0 unspecified atom stereocenters. The molecule has 0 aliphatic heterocycles. The first-order valence-electron chi connectivity index (χ1n) is 5.30. The zero-order chi connectivity index (χ0) is 9.57. The Morgan fingerprint density at radius 3 is 2.23 bits per heavy atom. The Morgan fingerprint density at radius 2 is 1.77 bits per heavy atom. The van der Waals surface area contributed by atoms with Gasteiger partial charge in [-0.1, -0.05) is 25.7 Å². The van der Waals surface area contributed by atoms with Crippen molar-refractivity contribution >= 4 is 11.6 Å². The third-order valence-corrected chi connectivity index (χ3v) is 3.35. The first kappa shape index (κ1) is 10.9. The average Bonchev–Trinajstić information content (AvgIpc) is 2.41. The molecule has 0 spiro atoms. The van der Waals surface area contributed by atoms with Crippen molar-refractivity contribution in [2.75, 3.05) is 5.88 Å². The first-order valence-corrected chi connectivity index (χ1v) is 5.84. The molecular formula is C11H18ClN. The van der Waals surface area contributed by atoms with Crippen molar-refractivity contribution in [2.24, 2.45) is 5.41 Å². The highest BCUT2D eigenvalue weighted by atomic mass is 35.5. The van der Waals surface area contributed by atoms with Gasteiger partial charge in [0.2, 0.25) is 0 Å². The van der Waals surface area contributed by atoms with Gasteiger partial charge in [0.15, 0.2) is 0 Å². The molecule has 0 bridgehead atoms. The predicted molar refractivity (Wildman–Crippen MR) is 55.7 cm³/mol. The van der Waals surface area contributed by atoms with Gasteiger partial charge < -0.3 is 0 Å². The highest BCUT2D eigenvalue weighted by Gasteiger charge is 2.29. The molecule has 0 aromatic heterocycles. The second-order valence-corrected chi connectivity index (χ2v) is 4.48. The lowest BCUT2D eigenvalue weighted by Gasteiger charge is -2.24. The Hall–Kier alpha value is -0.220. The molecule has 13 heavy (non-hydrogen) atoms. The number of hydrogen-bond donors (Lipinski definition) is 0. The van der Waals surface area contributed by atoms with E-state index in [0.717, 1.165) is 25.7 Å². The van der Waals surface area contributed by atoms with Crippen LogP contribution in [0.15, 0.2) is 0 Å². The summed E-state index contributed by atoms with van der Waals surface area (Å²) in [6.45, 7) is 0. The normalized spacial score (nSPS) is 21.8. The Balaban J connectivity index is 2.50. The standard InChI is InChI=1S/C11H18ClN/c12-9-5-8-11(10-13)6-3-1-2-4-7-11/h1-9H2. The maximum atomic E-state index is 9.20. The van der Waals surface area contributed by atoms with Crippen molar-refractivity contribution in [3.8, 4) is 6.07 Å². The Kier molecular flexibility index (Phi) is 4.59. The third kappa shape index (κ3) is 3.19. The summed E-state index contributed by atoms with van der Waals surface area (Å²) in [4.78, 5) is 0. The molecule has 1 fully saturated rings. The van der Waals surface area contributed by atoms with Crippen molar-refractivity contribution < 1.29 is 0 Å². The van der Waals surface area contributed by atoms with Gasteiger partial charge in [0.05, 0.1) is 11.5 Å². The summed E-state index contributed by atoms with van der Waals surface area (Å²) in [7, 11) is 0. The molecule has 0 radical (unpaired) electrons. The fourth-order valence-electron chi connectivity index (χ4n) is 2.23. The second kappa shape index (κ2) is 5.50. The van der Waals surface area contributed by atoms with Crippen molar-refractivity contribution in [1.82, 2.24) is 0 Å². The quantitative estimate of drug-likeness (QED) is 0.500. The van der Waals surface area contributed by atoms with Crippen molar-refractivity contribution in [3.05, 3.63) is 0 Å². The molecule has 0 aromatic carbocycles. The van der Waals surface area contributed by atoms with E-state index in [0.29, 0.717) is 5.88 Å². The molecule has 1 saturated carbocycles. The lowest BCUT2D eigenvalue weighted by molar-refractivity contribution is 0.312. The Bertz CT molecular complexity index is 175. The van der Waals surface area contributed by atoms with Gasteiger partial charge in [0, 0.05) is 5.88 Å². The minimum absolute atomic E-state index is 0.0224. The molecule has 74 valence electrons. The number of nitriles is 1. The van der Waals surface area contributed by atoms with E-state index in [2.05, 4.69) is 6.07 Å². The molecule has 0 heterocycles. The van der Waals surface area contributed by atoms with Crippen LogP contribution >= 0.6 is 11.6 Å². The topological polar surface area (TPSA) is 23.8 Å². The molecule has 0 aromatic rings. The van der Waals surface area contributed by atoms with Crippen molar-refractivity contribution in [2.45, 2.75) is 51.4 Å². The van der Waals surface area contributed by atoms with E-state index in [-0.39, 0.29) is 5.41 Å². The van der Waals surface area contributed by atoms with Gasteiger partial charge in [-0.15, -0.1) is 11.6 Å².